The SMILES string of the molecule is C=C1C2CCC1(C)C(c1ccc(OC)cc1)OC2(C)C. The molecule has 1 saturated carbocycles. The van der Waals surface area contributed by atoms with Crippen LogP contribution in [0.2, 0.25) is 0 Å². The first-order valence-electron chi connectivity index (χ1n) is 7.39. The van der Waals surface area contributed by atoms with Gasteiger partial charge in [0.25, 0.3) is 0 Å². The Hall–Kier alpha value is -1.28. The summed E-state index contributed by atoms with van der Waals surface area (Å²) in [4.78, 5) is 0. The second-order valence-electron chi connectivity index (χ2n) is 6.91. The molecule has 0 N–H and O–H groups in total. The minimum atomic E-state index is -0.127. The first-order chi connectivity index (χ1) is 9.38. The zero-order valence-electron chi connectivity index (χ0n) is 12.9. The molecule has 2 nitrogen and oxygen atoms in total. The van der Waals surface area contributed by atoms with Crippen LogP contribution in [-0.2, 0) is 4.74 Å². The highest BCUT2D eigenvalue weighted by atomic mass is 16.5. The maximum atomic E-state index is 6.49. The van der Waals surface area contributed by atoms with Gasteiger partial charge in [0.1, 0.15) is 5.75 Å². The minimum Gasteiger partial charge on any atom is -0.497 e. The standard InChI is InChI=1S/C18H24O2/c1-12-15-10-11-18(12,4)16(20-17(15,2)3)13-6-8-14(19-5)9-7-13/h6-9,15-16H,1,10-11H2,2-5H3. The lowest BCUT2D eigenvalue weighted by Crippen LogP contribution is -2.44. The van der Waals surface area contributed by atoms with Crippen LogP contribution in [0.4, 0.5) is 0 Å². The van der Waals surface area contributed by atoms with Gasteiger partial charge < -0.3 is 9.47 Å². The number of methoxy groups -OCH3 is 1. The topological polar surface area (TPSA) is 18.5 Å². The van der Waals surface area contributed by atoms with Gasteiger partial charge in [-0.15, -0.1) is 0 Å². The maximum Gasteiger partial charge on any atom is 0.118 e. The third-order valence-corrected chi connectivity index (χ3v) is 5.36. The molecule has 1 saturated heterocycles. The van der Waals surface area contributed by atoms with Gasteiger partial charge >= 0.3 is 0 Å². The van der Waals surface area contributed by atoms with Crippen LogP contribution >= 0.6 is 0 Å². The van der Waals surface area contributed by atoms with Gasteiger partial charge in [-0.05, 0) is 44.4 Å². The van der Waals surface area contributed by atoms with Gasteiger partial charge in [-0.1, -0.05) is 31.2 Å². The van der Waals surface area contributed by atoms with Crippen LogP contribution in [0.15, 0.2) is 36.4 Å². The molecule has 0 amide bonds. The van der Waals surface area contributed by atoms with Gasteiger partial charge in [0.05, 0.1) is 18.8 Å². The molecule has 2 aliphatic rings. The molecule has 2 bridgehead atoms. The lowest BCUT2D eigenvalue weighted by Gasteiger charge is -2.48. The molecule has 2 fully saturated rings. The van der Waals surface area contributed by atoms with Crippen molar-refractivity contribution >= 4 is 0 Å². The Labute approximate surface area is 121 Å². The van der Waals surface area contributed by atoms with Gasteiger partial charge in [0, 0.05) is 11.3 Å². The molecule has 0 radical (unpaired) electrons. The van der Waals surface area contributed by atoms with Crippen LogP contribution in [0.5, 0.6) is 5.75 Å². The van der Waals surface area contributed by atoms with Gasteiger partial charge in [-0.2, -0.15) is 0 Å². The fourth-order valence-corrected chi connectivity index (χ4v) is 3.97. The highest BCUT2D eigenvalue weighted by Crippen LogP contribution is 2.62. The first-order valence-corrected chi connectivity index (χ1v) is 7.39. The molecule has 1 heterocycles. The van der Waals surface area contributed by atoms with Crippen LogP contribution in [0.3, 0.4) is 0 Å². The van der Waals surface area contributed by atoms with Crippen LogP contribution in [0, 0.1) is 11.3 Å². The highest BCUT2D eigenvalue weighted by Gasteiger charge is 2.56. The van der Waals surface area contributed by atoms with Crippen LogP contribution in [-0.4, -0.2) is 12.7 Å². The van der Waals surface area contributed by atoms with Gasteiger partial charge in [0.15, 0.2) is 0 Å². The summed E-state index contributed by atoms with van der Waals surface area (Å²) in [5, 5.41) is 0. The molecule has 1 aromatic carbocycles. The molecule has 20 heavy (non-hydrogen) atoms. The van der Waals surface area contributed by atoms with E-state index < -0.39 is 0 Å². The molecule has 3 unspecified atom stereocenters. The Morgan fingerprint density at radius 1 is 1.20 bits per heavy atom. The van der Waals surface area contributed by atoms with Gasteiger partial charge in [-0.3, -0.25) is 0 Å². The zero-order chi connectivity index (χ0) is 14.5. The van der Waals surface area contributed by atoms with E-state index in [2.05, 4.69) is 39.5 Å². The second kappa shape index (κ2) is 4.36. The van der Waals surface area contributed by atoms with Crippen LogP contribution in [0.25, 0.3) is 0 Å². The summed E-state index contributed by atoms with van der Waals surface area (Å²) in [7, 11) is 1.69. The predicted octanol–water partition coefficient (Wildman–Crippen LogP) is 4.52. The fraction of sp³-hybridized carbons (Fsp3) is 0.556. The van der Waals surface area contributed by atoms with Crippen molar-refractivity contribution in [2.45, 2.75) is 45.3 Å². The zero-order valence-corrected chi connectivity index (χ0v) is 12.9. The van der Waals surface area contributed by atoms with E-state index in [1.165, 1.54) is 17.6 Å². The van der Waals surface area contributed by atoms with Crippen LogP contribution < -0.4 is 4.74 Å². The van der Waals surface area contributed by atoms with E-state index in [1.54, 1.807) is 7.11 Å². The van der Waals surface area contributed by atoms with Crippen molar-refractivity contribution < 1.29 is 9.47 Å². The van der Waals surface area contributed by atoms with E-state index in [4.69, 9.17) is 9.47 Å². The van der Waals surface area contributed by atoms with Crippen LogP contribution in [0.1, 0.15) is 45.3 Å². The van der Waals surface area contributed by atoms with E-state index >= 15 is 0 Å². The second-order valence-corrected chi connectivity index (χ2v) is 6.91. The molecule has 108 valence electrons. The molecule has 1 aromatic rings. The number of hydrogen-bond acceptors (Lipinski definition) is 2. The minimum absolute atomic E-state index is 0.0643. The van der Waals surface area contributed by atoms with Gasteiger partial charge in [-0.25, -0.2) is 0 Å². The molecule has 3 rings (SSSR count). The number of benzene rings is 1. The van der Waals surface area contributed by atoms with Crippen molar-refractivity contribution in [3.8, 4) is 5.75 Å². The fourth-order valence-electron chi connectivity index (χ4n) is 3.97. The van der Waals surface area contributed by atoms with Crippen molar-refractivity contribution in [1.29, 1.82) is 0 Å². The van der Waals surface area contributed by atoms with E-state index in [0.717, 1.165) is 12.2 Å². The lowest BCUT2D eigenvalue weighted by molar-refractivity contribution is -0.148. The molecular weight excluding hydrogens is 248 g/mol. The molecule has 0 aromatic heterocycles. The summed E-state index contributed by atoms with van der Waals surface area (Å²) >= 11 is 0. The Kier molecular flexibility index (Phi) is 2.98. The third kappa shape index (κ3) is 1.81. The van der Waals surface area contributed by atoms with Crippen molar-refractivity contribution in [2.75, 3.05) is 7.11 Å². The predicted molar refractivity (Wildman–Crippen MR) is 80.9 cm³/mol. The normalized spacial score (nSPS) is 35.1. The average molecular weight is 272 g/mol. The summed E-state index contributed by atoms with van der Waals surface area (Å²) in [6, 6.07) is 8.27. The van der Waals surface area contributed by atoms with Crippen molar-refractivity contribution in [3.05, 3.63) is 42.0 Å². The van der Waals surface area contributed by atoms with Crippen molar-refractivity contribution in [3.63, 3.8) is 0 Å². The average Bonchev–Trinajstić information content (AvgIpc) is 2.68. The first kappa shape index (κ1) is 13.7. The van der Waals surface area contributed by atoms with Crippen molar-refractivity contribution in [1.82, 2.24) is 0 Å². The van der Waals surface area contributed by atoms with E-state index in [0.29, 0.717) is 5.92 Å². The van der Waals surface area contributed by atoms with E-state index in [-0.39, 0.29) is 17.1 Å². The Bertz CT molecular complexity index is 529. The maximum absolute atomic E-state index is 6.49. The third-order valence-electron chi connectivity index (χ3n) is 5.36. The monoisotopic (exact) mass is 272 g/mol. The summed E-state index contributed by atoms with van der Waals surface area (Å²) in [5.74, 6) is 1.37. The van der Waals surface area contributed by atoms with E-state index in [9.17, 15) is 0 Å². The Morgan fingerprint density at radius 2 is 1.85 bits per heavy atom. The smallest absolute Gasteiger partial charge is 0.118 e. The summed E-state index contributed by atoms with van der Waals surface area (Å²) in [5.41, 5.74) is 2.53. The van der Waals surface area contributed by atoms with Gasteiger partial charge in [0.2, 0.25) is 0 Å². The lowest BCUT2D eigenvalue weighted by atomic mass is 9.70. The van der Waals surface area contributed by atoms with E-state index in [1.807, 2.05) is 12.1 Å². The number of hydrogen-bond donors (Lipinski definition) is 0. The molecule has 1 aliphatic carbocycles. The Balaban J connectivity index is 2.00. The summed E-state index contributed by atoms with van der Waals surface area (Å²) < 4.78 is 11.7. The molecule has 3 atom stereocenters. The number of ether oxygens (including phenoxy) is 2. The number of fused-ring (bicyclic) bond motifs is 2. The van der Waals surface area contributed by atoms with Crippen molar-refractivity contribution in [2.24, 2.45) is 11.3 Å². The largest absolute Gasteiger partial charge is 0.497 e. The molecule has 2 heteroatoms. The number of rotatable bonds is 2. The summed E-state index contributed by atoms with van der Waals surface area (Å²) in [6.45, 7) is 11.1. The highest BCUT2D eigenvalue weighted by molar-refractivity contribution is 5.35. The molecule has 1 aliphatic heterocycles. The molecular formula is C18H24O2. The molecule has 0 spiro atoms. The summed E-state index contributed by atoms with van der Waals surface area (Å²) in [6.07, 6.45) is 2.45. The quantitative estimate of drug-likeness (QED) is 0.737. The Morgan fingerprint density at radius 3 is 2.45 bits per heavy atom.